The highest BCUT2D eigenvalue weighted by Crippen LogP contribution is 2.18. The first-order valence-electron chi connectivity index (χ1n) is 8.78. The van der Waals surface area contributed by atoms with E-state index in [1.165, 1.54) is 0 Å². The molecule has 0 radical (unpaired) electrons. The number of rotatable bonds is 9. The Bertz CT molecular complexity index is 652. The van der Waals surface area contributed by atoms with E-state index in [2.05, 4.69) is 45.9 Å². The number of aliphatic carboxylic acids is 1. The lowest BCUT2D eigenvalue weighted by Crippen LogP contribution is -2.44. The topological polar surface area (TPSA) is 103 Å². The molecular formula is C17H30BrN3O5Si. The summed E-state index contributed by atoms with van der Waals surface area (Å²) in [6.45, 7) is 13.0. The Balaban J connectivity index is 2.66. The maximum absolute atomic E-state index is 11.9. The average Bonchev–Trinajstić information content (AvgIpc) is 2.81. The van der Waals surface area contributed by atoms with Gasteiger partial charge in [0, 0.05) is 21.1 Å². The van der Waals surface area contributed by atoms with Gasteiger partial charge in [-0.1, -0.05) is 19.6 Å². The lowest BCUT2D eigenvalue weighted by molar-refractivity contribution is -0.139. The van der Waals surface area contributed by atoms with E-state index in [0.29, 0.717) is 23.6 Å². The van der Waals surface area contributed by atoms with Crippen molar-refractivity contribution in [3.63, 3.8) is 0 Å². The number of aromatic nitrogens is 2. The highest BCUT2D eigenvalue weighted by molar-refractivity contribution is 9.10. The van der Waals surface area contributed by atoms with Crippen LogP contribution in [0.3, 0.4) is 0 Å². The van der Waals surface area contributed by atoms with Crippen LogP contribution >= 0.6 is 15.9 Å². The molecule has 0 fully saturated rings. The predicted octanol–water partition coefficient (Wildman–Crippen LogP) is 3.48. The van der Waals surface area contributed by atoms with Gasteiger partial charge in [0.2, 0.25) is 0 Å². The number of hydrogen-bond acceptors (Lipinski definition) is 5. The standard InChI is InChI=1S/C17H30BrN3O5Si/c1-17(2,3)26-16(24)20-13(15(22)23)9-12-14(18)21(10-19-12)11-25-7-8-27(4,5)6/h10,13H,7-9,11H2,1-6H3,(H,20,24)(H,22,23)/t13-/m0/s1. The van der Waals surface area contributed by atoms with Crippen LogP contribution in [0.5, 0.6) is 0 Å². The molecule has 0 aliphatic rings. The highest BCUT2D eigenvalue weighted by atomic mass is 79.9. The van der Waals surface area contributed by atoms with Gasteiger partial charge in [0.15, 0.2) is 0 Å². The van der Waals surface area contributed by atoms with E-state index in [-0.39, 0.29) is 6.42 Å². The third kappa shape index (κ3) is 9.38. The molecule has 0 aliphatic carbocycles. The van der Waals surface area contributed by atoms with Crippen molar-refractivity contribution in [2.24, 2.45) is 0 Å². The number of halogens is 1. The highest BCUT2D eigenvalue weighted by Gasteiger charge is 2.26. The molecule has 154 valence electrons. The average molecular weight is 464 g/mol. The van der Waals surface area contributed by atoms with E-state index >= 15 is 0 Å². The molecule has 0 saturated carbocycles. The van der Waals surface area contributed by atoms with Gasteiger partial charge in [-0.25, -0.2) is 14.6 Å². The molecule has 10 heteroatoms. The van der Waals surface area contributed by atoms with Crippen LogP contribution < -0.4 is 5.32 Å². The van der Waals surface area contributed by atoms with Gasteiger partial charge in [0.1, 0.15) is 23.0 Å². The molecule has 0 aromatic carbocycles. The lowest BCUT2D eigenvalue weighted by Gasteiger charge is -2.21. The molecule has 0 unspecified atom stereocenters. The molecule has 1 amide bonds. The quantitative estimate of drug-likeness (QED) is 0.429. The molecule has 1 rings (SSSR count). The number of carbonyl (C=O) groups excluding carboxylic acids is 1. The number of carbonyl (C=O) groups is 2. The maximum atomic E-state index is 11.9. The molecular weight excluding hydrogens is 434 g/mol. The van der Waals surface area contributed by atoms with Gasteiger partial charge in [0.25, 0.3) is 0 Å². The summed E-state index contributed by atoms with van der Waals surface area (Å²) in [5, 5.41) is 11.8. The summed E-state index contributed by atoms with van der Waals surface area (Å²) in [6, 6.07) is -0.0834. The zero-order chi connectivity index (χ0) is 20.8. The van der Waals surface area contributed by atoms with Crippen molar-refractivity contribution in [2.75, 3.05) is 6.61 Å². The minimum absolute atomic E-state index is 0.0249. The van der Waals surface area contributed by atoms with Crippen molar-refractivity contribution >= 4 is 36.1 Å². The van der Waals surface area contributed by atoms with Gasteiger partial charge >= 0.3 is 12.1 Å². The van der Waals surface area contributed by atoms with E-state index < -0.39 is 31.8 Å². The van der Waals surface area contributed by atoms with Crippen LogP contribution in [0.25, 0.3) is 0 Å². The second-order valence-electron chi connectivity index (χ2n) is 8.54. The largest absolute Gasteiger partial charge is 0.480 e. The molecule has 0 spiro atoms. The first-order chi connectivity index (χ1) is 12.3. The Morgan fingerprint density at radius 2 is 2.00 bits per heavy atom. The number of nitrogens with one attached hydrogen (secondary N) is 1. The fourth-order valence-electron chi connectivity index (χ4n) is 2.02. The van der Waals surface area contributed by atoms with Gasteiger partial charge in [-0.15, -0.1) is 0 Å². The number of nitrogens with zero attached hydrogens (tertiary/aromatic N) is 2. The fourth-order valence-corrected chi connectivity index (χ4v) is 3.24. The second-order valence-corrected chi connectivity index (χ2v) is 14.9. The number of amides is 1. The third-order valence-corrected chi connectivity index (χ3v) is 6.07. The van der Waals surface area contributed by atoms with Crippen LogP contribution in [0, 0.1) is 0 Å². The van der Waals surface area contributed by atoms with E-state index in [1.54, 1.807) is 31.7 Å². The lowest BCUT2D eigenvalue weighted by atomic mass is 10.1. The van der Waals surface area contributed by atoms with E-state index in [0.717, 1.165) is 6.04 Å². The van der Waals surface area contributed by atoms with Crippen molar-refractivity contribution in [1.82, 2.24) is 14.9 Å². The summed E-state index contributed by atoms with van der Waals surface area (Å²) in [5.74, 6) is -1.16. The molecule has 27 heavy (non-hydrogen) atoms. The van der Waals surface area contributed by atoms with Crippen LogP contribution in [-0.2, 0) is 27.4 Å². The second kappa shape index (κ2) is 9.70. The molecule has 1 aromatic heterocycles. The summed E-state index contributed by atoms with van der Waals surface area (Å²) in [6.07, 6.45) is 0.831. The van der Waals surface area contributed by atoms with Crippen molar-refractivity contribution < 1.29 is 24.2 Å². The SMILES string of the molecule is CC(C)(C)OC(=O)N[C@@H](Cc1ncn(COCC[Si](C)(C)C)c1Br)C(=O)O. The number of hydrogen-bond donors (Lipinski definition) is 2. The van der Waals surface area contributed by atoms with Crippen molar-refractivity contribution in [2.45, 2.75) is 71.3 Å². The van der Waals surface area contributed by atoms with Crippen LogP contribution in [0.4, 0.5) is 4.79 Å². The van der Waals surface area contributed by atoms with Gasteiger partial charge in [-0.05, 0) is 42.7 Å². The fraction of sp³-hybridized carbons (Fsp3) is 0.706. The maximum Gasteiger partial charge on any atom is 0.408 e. The number of alkyl carbamates (subject to hydrolysis) is 1. The van der Waals surface area contributed by atoms with Crippen LogP contribution in [0.15, 0.2) is 10.9 Å². The molecule has 1 heterocycles. The first kappa shape index (κ1) is 23.6. The van der Waals surface area contributed by atoms with Crippen molar-refractivity contribution in [3.8, 4) is 0 Å². The summed E-state index contributed by atoms with van der Waals surface area (Å²) in [5.41, 5.74) is -0.185. The summed E-state index contributed by atoms with van der Waals surface area (Å²) >= 11 is 3.43. The van der Waals surface area contributed by atoms with Crippen LogP contribution in [0.1, 0.15) is 26.5 Å². The van der Waals surface area contributed by atoms with E-state index in [1.807, 2.05) is 0 Å². The van der Waals surface area contributed by atoms with Gasteiger partial charge < -0.3 is 24.5 Å². The minimum Gasteiger partial charge on any atom is -0.480 e. The number of ether oxygens (including phenoxy) is 2. The third-order valence-electron chi connectivity index (χ3n) is 3.46. The number of imidazole rings is 1. The van der Waals surface area contributed by atoms with Gasteiger partial charge in [0.05, 0.1) is 12.0 Å². The number of carboxylic acids is 1. The summed E-state index contributed by atoms with van der Waals surface area (Å²) in [7, 11) is -1.15. The molecule has 1 atom stereocenters. The Kier molecular flexibility index (Phi) is 8.49. The zero-order valence-corrected chi connectivity index (χ0v) is 19.4. The smallest absolute Gasteiger partial charge is 0.408 e. The predicted molar refractivity (Wildman–Crippen MR) is 109 cm³/mol. The minimum atomic E-state index is -1.16. The van der Waals surface area contributed by atoms with E-state index in [9.17, 15) is 14.7 Å². The Morgan fingerprint density at radius 3 is 2.52 bits per heavy atom. The molecule has 1 aromatic rings. The van der Waals surface area contributed by atoms with Crippen molar-refractivity contribution in [3.05, 3.63) is 16.6 Å². The van der Waals surface area contributed by atoms with Crippen LogP contribution in [-0.4, -0.2) is 53.0 Å². The molecule has 0 aliphatic heterocycles. The zero-order valence-electron chi connectivity index (χ0n) is 16.8. The molecule has 2 N–H and O–H groups in total. The normalized spacial score (nSPS) is 13.3. The van der Waals surface area contributed by atoms with Crippen LogP contribution in [0.2, 0.25) is 25.7 Å². The van der Waals surface area contributed by atoms with Crippen molar-refractivity contribution in [1.29, 1.82) is 0 Å². The molecule has 8 nitrogen and oxygen atoms in total. The van der Waals surface area contributed by atoms with E-state index in [4.69, 9.17) is 9.47 Å². The molecule has 0 bridgehead atoms. The Hall–Kier alpha value is -1.39. The summed E-state index contributed by atoms with van der Waals surface area (Å²) in [4.78, 5) is 27.6. The summed E-state index contributed by atoms with van der Waals surface area (Å²) < 4.78 is 13.2. The Morgan fingerprint density at radius 1 is 1.37 bits per heavy atom. The van der Waals surface area contributed by atoms with Gasteiger partial charge in [-0.2, -0.15) is 0 Å². The molecule has 0 saturated heterocycles. The first-order valence-corrected chi connectivity index (χ1v) is 13.3. The number of carboxylic acid groups (broad SMARTS) is 1. The monoisotopic (exact) mass is 463 g/mol. The Labute approximate surface area is 169 Å². The van der Waals surface area contributed by atoms with Gasteiger partial charge in [-0.3, -0.25) is 0 Å².